The lowest BCUT2D eigenvalue weighted by molar-refractivity contribution is 0.326. The summed E-state index contributed by atoms with van der Waals surface area (Å²) in [7, 11) is 0. The molecule has 2 aromatic rings. The van der Waals surface area contributed by atoms with E-state index in [4.69, 9.17) is 22.1 Å². The SMILES string of the molecule is CCOc1cccc(-n2cc(Cl)c(N)n2)n1. The van der Waals surface area contributed by atoms with E-state index in [2.05, 4.69) is 10.1 Å². The third kappa shape index (κ3) is 2.09. The summed E-state index contributed by atoms with van der Waals surface area (Å²) >= 11 is 5.81. The molecule has 0 radical (unpaired) electrons. The van der Waals surface area contributed by atoms with Crippen molar-refractivity contribution in [2.24, 2.45) is 0 Å². The van der Waals surface area contributed by atoms with Gasteiger partial charge in [-0.3, -0.25) is 0 Å². The molecule has 5 nitrogen and oxygen atoms in total. The predicted molar refractivity (Wildman–Crippen MR) is 62.0 cm³/mol. The molecule has 0 amide bonds. The molecule has 84 valence electrons. The van der Waals surface area contributed by atoms with Gasteiger partial charge in [-0.15, -0.1) is 5.10 Å². The number of nitrogen functional groups attached to an aromatic ring is 1. The van der Waals surface area contributed by atoms with E-state index >= 15 is 0 Å². The van der Waals surface area contributed by atoms with Gasteiger partial charge in [0.2, 0.25) is 5.88 Å². The van der Waals surface area contributed by atoms with Crippen LogP contribution in [-0.2, 0) is 0 Å². The zero-order valence-electron chi connectivity index (χ0n) is 8.72. The van der Waals surface area contributed by atoms with Crippen molar-refractivity contribution in [2.45, 2.75) is 6.92 Å². The van der Waals surface area contributed by atoms with Crippen molar-refractivity contribution in [2.75, 3.05) is 12.3 Å². The predicted octanol–water partition coefficient (Wildman–Crippen LogP) is 1.90. The zero-order valence-corrected chi connectivity index (χ0v) is 9.48. The molecule has 2 heterocycles. The summed E-state index contributed by atoms with van der Waals surface area (Å²) in [6.07, 6.45) is 1.61. The Morgan fingerprint density at radius 3 is 2.94 bits per heavy atom. The van der Waals surface area contributed by atoms with Crippen LogP contribution in [0.4, 0.5) is 5.82 Å². The summed E-state index contributed by atoms with van der Waals surface area (Å²) < 4.78 is 6.80. The van der Waals surface area contributed by atoms with Crippen LogP contribution in [0.2, 0.25) is 5.02 Å². The Morgan fingerprint density at radius 1 is 1.50 bits per heavy atom. The number of hydrogen-bond acceptors (Lipinski definition) is 4. The van der Waals surface area contributed by atoms with Crippen LogP contribution in [-0.4, -0.2) is 21.4 Å². The fourth-order valence-corrected chi connectivity index (χ4v) is 1.37. The Balaban J connectivity index is 2.36. The molecule has 0 aliphatic heterocycles. The van der Waals surface area contributed by atoms with E-state index < -0.39 is 0 Å². The van der Waals surface area contributed by atoms with Gasteiger partial charge >= 0.3 is 0 Å². The van der Waals surface area contributed by atoms with Gasteiger partial charge in [0, 0.05) is 6.07 Å². The first-order valence-corrected chi connectivity index (χ1v) is 5.19. The second-order valence-corrected chi connectivity index (χ2v) is 3.48. The second-order valence-electron chi connectivity index (χ2n) is 3.07. The van der Waals surface area contributed by atoms with Crippen molar-refractivity contribution >= 4 is 17.4 Å². The van der Waals surface area contributed by atoms with Gasteiger partial charge in [-0.05, 0) is 13.0 Å². The van der Waals surface area contributed by atoms with Gasteiger partial charge in [0.05, 0.1) is 12.8 Å². The number of pyridine rings is 1. The molecule has 0 saturated heterocycles. The molecular formula is C10H11ClN4O. The van der Waals surface area contributed by atoms with Gasteiger partial charge in [-0.2, -0.15) is 4.98 Å². The van der Waals surface area contributed by atoms with Crippen molar-refractivity contribution in [1.29, 1.82) is 0 Å². The van der Waals surface area contributed by atoms with E-state index in [-0.39, 0.29) is 5.82 Å². The van der Waals surface area contributed by atoms with E-state index in [1.165, 1.54) is 4.68 Å². The van der Waals surface area contributed by atoms with E-state index in [1.54, 1.807) is 18.3 Å². The minimum atomic E-state index is 0.283. The maximum absolute atomic E-state index is 5.81. The van der Waals surface area contributed by atoms with Gasteiger partial charge in [0.1, 0.15) is 5.02 Å². The van der Waals surface area contributed by atoms with E-state index in [1.807, 2.05) is 13.0 Å². The molecule has 0 aromatic carbocycles. The molecule has 0 bridgehead atoms. The molecule has 0 atom stereocenters. The van der Waals surface area contributed by atoms with Crippen molar-refractivity contribution in [3.63, 3.8) is 0 Å². The molecule has 16 heavy (non-hydrogen) atoms. The molecule has 0 aliphatic rings. The molecule has 0 saturated carbocycles. The number of ether oxygens (including phenoxy) is 1. The molecule has 2 aromatic heterocycles. The summed E-state index contributed by atoms with van der Waals surface area (Å²) in [6.45, 7) is 2.47. The number of aromatic nitrogens is 3. The number of anilines is 1. The molecule has 2 N–H and O–H groups in total. The van der Waals surface area contributed by atoms with Gasteiger partial charge in [0.25, 0.3) is 0 Å². The highest BCUT2D eigenvalue weighted by Crippen LogP contribution is 2.18. The van der Waals surface area contributed by atoms with Crippen molar-refractivity contribution in [3.05, 3.63) is 29.4 Å². The first-order chi connectivity index (χ1) is 7.70. The normalized spacial score (nSPS) is 10.4. The third-order valence-electron chi connectivity index (χ3n) is 1.93. The van der Waals surface area contributed by atoms with Crippen LogP contribution in [0.1, 0.15) is 6.92 Å². The molecule has 0 aliphatic carbocycles. The topological polar surface area (TPSA) is 66.0 Å². The Labute approximate surface area is 97.8 Å². The Bertz CT molecular complexity index is 478. The van der Waals surface area contributed by atoms with Crippen LogP contribution in [0.5, 0.6) is 5.88 Å². The average Bonchev–Trinajstić information content (AvgIpc) is 2.60. The summed E-state index contributed by atoms with van der Waals surface area (Å²) in [6, 6.07) is 5.41. The van der Waals surface area contributed by atoms with Gasteiger partial charge < -0.3 is 10.5 Å². The van der Waals surface area contributed by atoms with Gasteiger partial charge in [0.15, 0.2) is 11.6 Å². The lowest BCUT2D eigenvalue weighted by Gasteiger charge is -2.04. The smallest absolute Gasteiger partial charge is 0.215 e. The summed E-state index contributed by atoms with van der Waals surface area (Å²) in [5.74, 6) is 1.44. The number of hydrogen-bond donors (Lipinski definition) is 1. The van der Waals surface area contributed by atoms with Crippen LogP contribution in [0.3, 0.4) is 0 Å². The Kier molecular flexibility index (Phi) is 2.96. The van der Waals surface area contributed by atoms with Crippen molar-refractivity contribution < 1.29 is 4.74 Å². The lowest BCUT2D eigenvalue weighted by Crippen LogP contribution is -2.01. The fraction of sp³-hybridized carbons (Fsp3) is 0.200. The Morgan fingerprint density at radius 2 is 2.31 bits per heavy atom. The van der Waals surface area contributed by atoms with Gasteiger partial charge in [-0.1, -0.05) is 17.7 Å². The number of nitrogens with zero attached hydrogens (tertiary/aromatic N) is 3. The lowest BCUT2D eigenvalue weighted by atomic mass is 10.4. The van der Waals surface area contributed by atoms with E-state index in [0.717, 1.165) is 0 Å². The molecule has 0 fully saturated rings. The average molecular weight is 239 g/mol. The molecule has 6 heteroatoms. The van der Waals surface area contributed by atoms with Crippen LogP contribution >= 0.6 is 11.6 Å². The van der Waals surface area contributed by atoms with Crippen LogP contribution < -0.4 is 10.5 Å². The highest BCUT2D eigenvalue weighted by atomic mass is 35.5. The standard InChI is InChI=1S/C10H11ClN4O/c1-2-16-9-5-3-4-8(13-9)15-6-7(11)10(12)14-15/h3-6H,2H2,1H3,(H2,12,14). The van der Waals surface area contributed by atoms with E-state index in [0.29, 0.717) is 23.3 Å². The van der Waals surface area contributed by atoms with Gasteiger partial charge in [-0.25, -0.2) is 4.68 Å². The largest absolute Gasteiger partial charge is 0.478 e. The minimum absolute atomic E-state index is 0.283. The minimum Gasteiger partial charge on any atom is -0.478 e. The van der Waals surface area contributed by atoms with Crippen LogP contribution in [0.25, 0.3) is 5.82 Å². The molecule has 0 spiro atoms. The highest BCUT2D eigenvalue weighted by Gasteiger charge is 2.06. The summed E-state index contributed by atoms with van der Waals surface area (Å²) in [4.78, 5) is 4.25. The number of halogens is 1. The Hall–Kier alpha value is -1.75. The quantitative estimate of drug-likeness (QED) is 0.887. The maximum Gasteiger partial charge on any atom is 0.215 e. The van der Waals surface area contributed by atoms with Crippen LogP contribution in [0, 0.1) is 0 Å². The number of rotatable bonds is 3. The maximum atomic E-state index is 5.81. The third-order valence-corrected chi connectivity index (χ3v) is 2.22. The van der Waals surface area contributed by atoms with Crippen LogP contribution in [0.15, 0.2) is 24.4 Å². The first-order valence-electron chi connectivity index (χ1n) is 4.81. The fourth-order valence-electron chi connectivity index (χ4n) is 1.24. The summed E-state index contributed by atoms with van der Waals surface area (Å²) in [5.41, 5.74) is 5.55. The monoisotopic (exact) mass is 238 g/mol. The summed E-state index contributed by atoms with van der Waals surface area (Å²) in [5, 5.41) is 4.43. The molecular weight excluding hydrogens is 228 g/mol. The first kappa shape index (κ1) is 10.8. The molecule has 0 unspecified atom stereocenters. The van der Waals surface area contributed by atoms with Crippen molar-refractivity contribution in [3.8, 4) is 11.7 Å². The van der Waals surface area contributed by atoms with Crippen molar-refractivity contribution in [1.82, 2.24) is 14.8 Å². The highest BCUT2D eigenvalue weighted by molar-refractivity contribution is 6.32. The zero-order chi connectivity index (χ0) is 11.5. The number of nitrogens with two attached hydrogens (primary N) is 1. The van der Waals surface area contributed by atoms with E-state index in [9.17, 15) is 0 Å². The second kappa shape index (κ2) is 4.40. The molecule has 2 rings (SSSR count).